The second kappa shape index (κ2) is 7.28. The van der Waals surface area contributed by atoms with E-state index < -0.39 is 5.82 Å². The highest BCUT2D eigenvalue weighted by Gasteiger charge is 2.39. The highest BCUT2D eigenvalue weighted by atomic mass is 19.1. The van der Waals surface area contributed by atoms with Gasteiger partial charge in [-0.2, -0.15) is 0 Å². The number of phenolic OH excluding ortho intramolecular Hbond substituents is 1. The number of anilines is 1. The summed E-state index contributed by atoms with van der Waals surface area (Å²) in [5.41, 5.74) is 1.03. The van der Waals surface area contributed by atoms with Gasteiger partial charge in [-0.3, -0.25) is 0 Å². The largest absolute Gasteiger partial charge is 0.508 e. The van der Waals surface area contributed by atoms with Gasteiger partial charge in [-0.25, -0.2) is 18.7 Å². The number of rotatable bonds is 3. The molecule has 4 heterocycles. The molecule has 2 aromatic carbocycles. The third-order valence-electron chi connectivity index (χ3n) is 6.73. The van der Waals surface area contributed by atoms with E-state index in [4.69, 9.17) is 0 Å². The van der Waals surface area contributed by atoms with E-state index in [-0.39, 0.29) is 34.4 Å². The number of piperazine rings is 1. The number of hydrogen-bond donors (Lipinski definition) is 2. The summed E-state index contributed by atoms with van der Waals surface area (Å²) in [5, 5.41) is 23.4. The molecule has 168 valence electrons. The van der Waals surface area contributed by atoms with Crippen LogP contribution in [0.2, 0.25) is 0 Å². The first-order chi connectivity index (χ1) is 15.9. The monoisotopic (exact) mass is 448 g/mol. The van der Waals surface area contributed by atoms with Crippen molar-refractivity contribution in [2.75, 3.05) is 18.0 Å². The minimum Gasteiger partial charge on any atom is -0.508 e. The van der Waals surface area contributed by atoms with Crippen LogP contribution in [0.25, 0.3) is 33.1 Å². The topological polar surface area (TPSA) is 87.1 Å². The summed E-state index contributed by atoms with van der Waals surface area (Å²) in [6.45, 7) is 5.18. The summed E-state index contributed by atoms with van der Waals surface area (Å²) in [6.07, 6.45) is 1.42. The van der Waals surface area contributed by atoms with E-state index in [1.807, 2.05) is 6.92 Å². The van der Waals surface area contributed by atoms with Crippen LogP contribution in [-0.4, -0.2) is 50.4 Å². The van der Waals surface area contributed by atoms with Gasteiger partial charge in [-0.05, 0) is 54.3 Å². The zero-order valence-corrected chi connectivity index (χ0v) is 18.2. The number of aryl methyl sites for hydroxylation is 2. The van der Waals surface area contributed by atoms with Crippen LogP contribution in [0, 0.1) is 18.6 Å². The summed E-state index contributed by atoms with van der Waals surface area (Å²) in [5.74, 6) is -0.0815. The molecule has 2 atom stereocenters. The molecule has 2 N–H and O–H groups in total. The number of nitrogens with zero attached hydrogens (tertiary/aromatic N) is 5. The Bertz CT molecular complexity index is 1440. The molecule has 6 rings (SSSR count). The van der Waals surface area contributed by atoms with Gasteiger partial charge in [0, 0.05) is 30.7 Å². The van der Waals surface area contributed by atoms with Crippen molar-refractivity contribution >= 4 is 27.6 Å². The van der Waals surface area contributed by atoms with Crippen molar-refractivity contribution < 1.29 is 13.9 Å². The van der Waals surface area contributed by atoms with Crippen LogP contribution in [-0.2, 0) is 6.42 Å². The number of halogens is 2. The van der Waals surface area contributed by atoms with Gasteiger partial charge in [0.25, 0.3) is 0 Å². The fourth-order valence-corrected chi connectivity index (χ4v) is 5.28. The number of phenols is 1. The molecule has 2 bridgehead atoms. The second-order valence-electron chi connectivity index (χ2n) is 8.77. The first kappa shape index (κ1) is 20.2. The van der Waals surface area contributed by atoms with Crippen LogP contribution >= 0.6 is 0 Å². The summed E-state index contributed by atoms with van der Waals surface area (Å²) >= 11 is 0. The molecule has 0 spiro atoms. The Kier molecular flexibility index (Phi) is 4.45. The fraction of sp³-hybridized carbons (Fsp3) is 0.333. The predicted molar refractivity (Wildman–Crippen MR) is 121 cm³/mol. The minimum absolute atomic E-state index is 0.0624. The number of aromatic hydroxyl groups is 1. The molecule has 0 aliphatic carbocycles. The number of benzene rings is 2. The Morgan fingerprint density at radius 3 is 2.73 bits per heavy atom. The highest BCUT2D eigenvalue weighted by Crippen LogP contribution is 2.38. The maximum Gasteiger partial charge on any atom is 0.179 e. The van der Waals surface area contributed by atoms with E-state index in [2.05, 4.69) is 30.4 Å². The molecule has 2 saturated heterocycles. The molecular weight excluding hydrogens is 426 g/mol. The summed E-state index contributed by atoms with van der Waals surface area (Å²) in [4.78, 5) is 11.1. The van der Waals surface area contributed by atoms with Crippen LogP contribution in [0.15, 0.2) is 24.3 Å². The van der Waals surface area contributed by atoms with E-state index in [1.54, 1.807) is 13.0 Å². The van der Waals surface area contributed by atoms with Gasteiger partial charge in [0.1, 0.15) is 28.6 Å². The van der Waals surface area contributed by atoms with Crippen LogP contribution in [0.5, 0.6) is 5.75 Å². The summed E-state index contributed by atoms with van der Waals surface area (Å²) in [7, 11) is 0. The molecule has 9 heteroatoms. The van der Waals surface area contributed by atoms with E-state index in [0.717, 1.165) is 19.5 Å². The molecule has 2 aliphatic rings. The maximum absolute atomic E-state index is 16.0. The van der Waals surface area contributed by atoms with Gasteiger partial charge in [0.15, 0.2) is 17.2 Å². The van der Waals surface area contributed by atoms with E-state index >= 15 is 4.39 Å². The second-order valence-corrected chi connectivity index (χ2v) is 8.77. The van der Waals surface area contributed by atoms with Crippen LogP contribution in [0.3, 0.4) is 0 Å². The van der Waals surface area contributed by atoms with Crippen molar-refractivity contribution in [3.8, 4) is 17.0 Å². The number of fused-ring (bicyclic) bond motifs is 4. The zero-order valence-electron chi connectivity index (χ0n) is 18.2. The molecule has 2 aliphatic heterocycles. The third kappa shape index (κ3) is 3.02. The molecule has 2 aromatic heterocycles. The van der Waals surface area contributed by atoms with Gasteiger partial charge >= 0.3 is 0 Å². The van der Waals surface area contributed by atoms with E-state index in [0.29, 0.717) is 46.0 Å². The molecule has 0 radical (unpaired) electrons. The number of nitrogens with one attached hydrogen (secondary N) is 1. The minimum atomic E-state index is -0.660. The lowest BCUT2D eigenvalue weighted by atomic mass is 9.94. The molecule has 0 amide bonds. The Morgan fingerprint density at radius 2 is 2.00 bits per heavy atom. The molecule has 7 nitrogen and oxygen atoms in total. The molecule has 4 aromatic rings. The number of hydrogen-bond acceptors (Lipinski definition) is 7. The zero-order chi connectivity index (χ0) is 22.9. The third-order valence-corrected chi connectivity index (χ3v) is 6.73. The normalized spacial score (nSPS) is 19.8. The van der Waals surface area contributed by atoms with Crippen molar-refractivity contribution in [3.63, 3.8) is 0 Å². The van der Waals surface area contributed by atoms with E-state index in [9.17, 15) is 9.50 Å². The summed E-state index contributed by atoms with van der Waals surface area (Å²) < 4.78 is 30.6. The van der Waals surface area contributed by atoms with Crippen LogP contribution in [0.4, 0.5) is 14.6 Å². The van der Waals surface area contributed by atoms with Crippen molar-refractivity contribution in [1.29, 1.82) is 0 Å². The lowest BCUT2D eigenvalue weighted by Gasteiger charge is -2.29. The molecule has 33 heavy (non-hydrogen) atoms. The van der Waals surface area contributed by atoms with Crippen molar-refractivity contribution in [1.82, 2.24) is 25.5 Å². The molecular formula is C24H22F2N6O. The SMILES string of the molecule is CCc1c(F)ccc2cc(O)cc(-c3nnc4c(N5C[C@H]6C[C@@H]5CN6)nc(C)nc4c3F)c12. The first-order valence-electron chi connectivity index (χ1n) is 11.1. The lowest BCUT2D eigenvalue weighted by Crippen LogP contribution is -2.44. The van der Waals surface area contributed by atoms with Crippen LogP contribution in [0.1, 0.15) is 24.7 Å². The standard InChI is InChI=1S/C24H22F2N6O/c1-3-16-18(25)5-4-12-6-15(33)8-17(19(12)16)21-20(26)22-23(31-30-21)24(29-11(2)28-22)32-10-13-7-14(32)9-27-13/h4-6,8,13-14,27,33H,3,7,9-10H2,1-2H3/t13-,14-/m1/s1. The Labute approximate surface area is 188 Å². The maximum atomic E-state index is 16.0. The van der Waals surface area contributed by atoms with Gasteiger partial charge < -0.3 is 15.3 Å². The van der Waals surface area contributed by atoms with Gasteiger partial charge in [0.05, 0.1) is 0 Å². The average Bonchev–Trinajstić information content (AvgIpc) is 3.43. The van der Waals surface area contributed by atoms with Crippen LogP contribution < -0.4 is 10.2 Å². The summed E-state index contributed by atoms with van der Waals surface area (Å²) in [6, 6.07) is 6.53. The first-order valence-corrected chi connectivity index (χ1v) is 11.1. The van der Waals surface area contributed by atoms with Gasteiger partial charge in [-0.15, -0.1) is 10.2 Å². The quantitative estimate of drug-likeness (QED) is 0.495. The Balaban J connectivity index is 1.60. The molecule has 2 fully saturated rings. The Hall–Kier alpha value is -3.46. The average molecular weight is 448 g/mol. The highest BCUT2D eigenvalue weighted by molar-refractivity contribution is 6.01. The smallest absolute Gasteiger partial charge is 0.179 e. The fourth-order valence-electron chi connectivity index (χ4n) is 5.28. The molecule has 0 saturated carbocycles. The van der Waals surface area contributed by atoms with Crippen molar-refractivity contribution in [2.45, 2.75) is 38.8 Å². The van der Waals surface area contributed by atoms with E-state index in [1.165, 1.54) is 18.2 Å². The number of aromatic nitrogens is 4. The van der Waals surface area contributed by atoms with Crippen molar-refractivity contribution in [2.24, 2.45) is 0 Å². The molecule has 0 unspecified atom stereocenters. The lowest BCUT2D eigenvalue weighted by molar-refractivity contribution is 0.476. The van der Waals surface area contributed by atoms with Crippen molar-refractivity contribution in [3.05, 3.63) is 47.3 Å². The Morgan fingerprint density at radius 1 is 1.15 bits per heavy atom. The van der Waals surface area contributed by atoms with Gasteiger partial charge in [0.2, 0.25) is 0 Å². The van der Waals surface area contributed by atoms with Gasteiger partial charge in [-0.1, -0.05) is 13.0 Å². The predicted octanol–water partition coefficient (Wildman–Crippen LogP) is 3.65.